The minimum absolute atomic E-state index is 0.153. The van der Waals surface area contributed by atoms with Crippen molar-refractivity contribution in [1.29, 1.82) is 0 Å². The van der Waals surface area contributed by atoms with E-state index < -0.39 is 0 Å². The standard InChI is InChI=1S/C25H33NO2S/c1-29-18-8-17-26(22-11-6-3-7-12-22)28-23-14-16-25-21(19-23)13-15-24(27-25)20-9-4-2-5-10-20/h2,4-5,9-10,14,16,19,22,24H,3,6-8,11-13,15,17-18H2,1H3. The van der Waals surface area contributed by atoms with Gasteiger partial charge in [0.05, 0.1) is 0 Å². The average molecular weight is 412 g/mol. The number of aryl methyl sites for hydroxylation is 1. The van der Waals surface area contributed by atoms with E-state index in [9.17, 15) is 0 Å². The predicted molar refractivity (Wildman–Crippen MR) is 122 cm³/mol. The second kappa shape index (κ2) is 10.4. The molecule has 2 aliphatic rings. The van der Waals surface area contributed by atoms with Crippen molar-refractivity contribution in [1.82, 2.24) is 5.06 Å². The molecular formula is C25H33NO2S. The molecule has 0 bridgehead atoms. The van der Waals surface area contributed by atoms with Gasteiger partial charge in [0, 0.05) is 12.6 Å². The summed E-state index contributed by atoms with van der Waals surface area (Å²) in [4.78, 5) is 6.45. The third-order valence-corrected chi connectivity index (χ3v) is 6.78. The van der Waals surface area contributed by atoms with Crippen LogP contribution in [-0.2, 0) is 6.42 Å². The summed E-state index contributed by atoms with van der Waals surface area (Å²) in [6.45, 7) is 1.01. The zero-order chi connectivity index (χ0) is 19.9. The van der Waals surface area contributed by atoms with Crippen molar-refractivity contribution in [3.63, 3.8) is 0 Å². The second-order valence-corrected chi connectivity index (χ2v) is 9.18. The van der Waals surface area contributed by atoms with Gasteiger partial charge >= 0.3 is 0 Å². The fourth-order valence-corrected chi connectivity index (χ4v) is 4.91. The highest BCUT2D eigenvalue weighted by Crippen LogP contribution is 2.37. The van der Waals surface area contributed by atoms with E-state index in [1.807, 2.05) is 11.8 Å². The highest BCUT2D eigenvalue weighted by atomic mass is 32.2. The SMILES string of the molecule is CSCCCN(Oc1ccc2c(c1)CCC(c1ccccc1)O2)C1CCCCC1. The first-order valence-electron chi connectivity index (χ1n) is 11.1. The van der Waals surface area contributed by atoms with E-state index in [1.54, 1.807) is 0 Å². The fraction of sp³-hybridized carbons (Fsp3) is 0.520. The van der Waals surface area contributed by atoms with E-state index in [1.165, 1.54) is 55.4 Å². The molecule has 4 rings (SSSR count). The molecule has 0 saturated heterocycles. The van der Waals surface area contributed by atoms with Crippen LogP contribution in [0.2, 0.25) is 0 Å². The van der Waals surface area contributed by atoms with Gasteiger partial charge in [-0.3, -0.25) is 0 Å². The Labute approximate surface area is 179 Å². The summed E-state index contributed by atoms with van der Waals surface area (Å²) in [5, 5.41) is 2.27. The molecule has 0 radical (unpaired) electrons. The summed E-state index contributed by atoms with van der Waals surface area (Å²) in [6, 6.07) is 17.5. The summed E-state index contributed by atoms with van der Waals surface area (Å²) < 4.78 is 6.30. The lowest BCUT2D eigenvalue weighted by molar-refractivity contribution is -0.105. The molecule has 0 amide bonds. The zero-order valence-electron chi connectivity index (χ0n) is 17.5. The molecule has 156 valence electrons. The largest absolute Gasteiger partial charge is 0.485 e. The van der Waals surface area contributed by atoms with Crippen LogP contribution in [0.15, 0.2) is 48.5 Å². The third-order valence-electron chi connectivity index (χ3n) is 6.08. The van der Waals surface area contributed by atoms with E-state index in [4.69, 9.17) is 9.57 Å². The Balaban J connectivity index is 1.43. The molecule has 0 N–H and O–H groups in total. The summed E-state index contributed by atoms with van der Waals surface area (Å²) in [7, 11) is 0. The van der Waals surface area contributed by atoms with Crippen molar-refractivity contribution in [2.45, 2.75) is 63.5 Å². The minimum atomic E-state index is 0.153. The smallest absolute Gasteiger partial charge is 0.148 e. The minimum Gasteiger partial charge on any atom is -0.485 e. The summed E-state index contributed by atoms with van der Waals surface area (Å²) in [5.41, 5.74) is 2.53. The molecule has 0 spiro atoms. The predicted octanol–water partition coefficient (Wildman–Crippen LogP) is 6.43. The Morgan fingerprint density at radius 2 is 1.86 bits per heavy atom. The van der Waals surface area contributed by atoms with Gasteiger partial charge in [0.2, 0.25) is 0 Å². The highest BCUT2D eigenvalue weighted by Gasteiger charge is 2.25. The molecule has 1 unspecified atom stereocenters. The number of nitrogens with zero attached hydrogens (tertiary/aromatic N) is 1. The molecule has 1 aliphatic carbocycles. The van der Waals surface area contributed by atoms with E-state index in [0.29, 0.717) is 6.04 Å². The third kappa shape index (κ3) is 5.49. The summed E-state index contributed by atoms with van der Waals surface area (Å²) in [6.07, 6.45) is 12.1. The van der Waals surface area contributed by atoms with Gasteiger partial charge in [0.15, 0.2) is 0 Å². The van der Waals surface area contributed by atoms with Crippen LogP contribution in [0.25, 0.3) is 0 Å². The van der Waals surface area contributed by atoms with Crippen molar-refractivity contribution >= 4 is 11.8 Å². The van der Waals surface area contributed by atoms with Crippen LogP contribution in [0, 0.1) is 0 Å². The van der Waals surface area contributed by atoms with Crippen molar-refractivity contribution in [3.8, 4) is 11.5 Å². The monoisotopic (exact) mass is 411 g/mol. The molecule has 0 aromatic heterocycles. The van der Waals surface area contributed by atoms with Gasteiger partial charge in [-0.05, 0) is 73.4 Å². The number of fused-ring (bicyclic) bond motifs is 1. The Kier molecular flexibility index (Phi) is 7.39. The van der Waals surface area contributed by atoms with Crippen molar-refractivity contribution < 1.29 is 9.57 Å². The molecule has 1 saturated carbocycles. The van der Waals surface area contributed by atoms with Gasteiger partial charge in [-0.25, -0.2) is 0 Å². The van der Waals surface area contributed by atoms with Gasteiger partial charge in [-0.2, -0.15) is 11.8 Å². The van der Waals surface area contributed by atoms with E-state index in [0.717, 1.165) is 30.9 Å². The molecule has 4 heteroatoms. The first kappa shape index (κ1) is 20.6. The number of thioether (sulfide) groups is 1. The van der Waals surface area contributed by atoms with Crippen LogP contribution in [0.3, 0.4) is 0 Å². The maximum Gasteiger partial charge on any atom is 0.148 e. The number of hydrogen-bond donors (Lipinski definition) is 0. The average Bonchev–Trinajstić information content (AvgIpc) is 2.79. The van der Waals surface area contributed by atoms with E-state index in [-0.39, 0.29) is 6.10 Å². The molecule has 1 fully saturated rings. The van der Waals surface area contributed by atoms with Crippen LogP contribution in [-0.4, -0.2) is 29.7 Å². The quantitative estimate of drug-likeness (QED) is 0.368. The normalized spacial score (nSPS) is 19.6. The summed E-state index contributed by atoms with van der Waals surface area (Å²) in [5.74, 6) is 3.15. The summed E-state index contributed by atoms with van der Waals surface area (Å²) >= 11 is 1.91. The Morgan fingerprint density at radius 3 is 2.66 bits per heavy atom. The highest BCUT2D eigenvalue weighted by molar-refractivity contribution is 7.98. The van der Waals surface area contributed by atoms with Gasteiger partial charge < -0.3 is 9.57 Å². The second-order valence-electron chi connectivity index (χ2n) is 8.20. The number of rotatable bonds is 8. The Bertz CT molecular complexity index is 761. The van der Waals surface area contributed by atoms with Crippen LogP contribution in [0.4, 0.5) is 0 Å². The van der Waals surface area contributed by atoms with Crippen LogP contribution >= 0.6 is 11.8 Å². The van der Waals surface area contributed by atoms with E-state index in [2.05, 4.69) is 59.8 Å². The number of hydroxylamine groups is 2. The maximum atomic E-state index is 6.45. The van der Waals surface area contributed by atoms with Crippen molar-refractivity contribution in [3.05, 3.63) is 59.7 Å². The molecule has 2 aromatic carbocycles. The molecule has 3 nitrogen and oxygen atoms in total. The maximum absolute atomic E-state index is 6.45. The number of benzene rings is 2. The van der Waals surface area contributed by atoms with E-state index >= 15 is 0 Å². The van der Waals surface area contributed by atoms with Crippen LogP contribution in [0.1, 0.15) is 62.2 Å². The molecule has 1 atom stereocenters. The van der Waals surface area contributed by atoms with Gasteiger partial charge in [-0.1, -0.05) is 49.6 Å². The topological polar surface area (TPSA) is 21.7 Å². The number of hydrogen-bond acceptors (Lipinski definition) is 4. The Morgan fingerprint density at radius 1 is 1.03 bits per heavy atom. The molecule has 2 aromatic rings. The molecule has 1 heterocycles. The fourth-order valence-electron chi connectivity index (χ4n) is 4.50. The molecular weight excluding hydrogens is 378 g/mol. The van der Waals surface area contributed by atoms with Gasteiger partial charge in [0.25, 0.3) is 0 Å². The molecule has 1 aliphatic heterocycles. The Hall–Kier alpha value is -1.65. The lowest BCUT2D eigenvalue weighted by atomic mass is 9.95. The van der Waals surface area contributed by atoms with Crippen LogP contribution in [0.5, 0.6) is 11.5 Å². The van der Waals surface area contributed by atoms with Crippen molar-refractivity contribution in [2.75, 3.05) is 18.6 Å². The number of ether oxygens (including phenoxy) is 1. The lowest BCUT2D eigenvalue weighted by Crippen LogP contribution is -2.40. The van der Waals surface area contributed by atoms with Crippen LogP contribution < -0.4 is 9.57 Å². The zero-order valence-corrected chi connectivity index (χ0v) is 18.3. The van der Waals surface area contributed by atoms with Gasteiger partial charge in [0.1, 0.15) is 17.6 Å². The first-order valence-corrected chi connectivity index (χ1v) is 12.5. The van der Waals surface area contributed by atoms with Crippen molar-refractivity contribution in [2.24, 2.45) is 0 Å². The van der Waals surface area contributed by atoms with Gasteiger partial charge in [-0.15, -0.1) is 5.06 Å². The lowest BCUT2D eigenvalue weighted by Gasteiger charge is -2.34. The molecule has 29 heavy (non-hydrogen) atoms. The first-order chi connectivity index (χ1) is 14.3.